The number of rotatable bonds is 2. The molecule has 0 unspecified atom stereocenters. The van der Waals surface area contributed by atoms with Gasteiger partial charge in [0.2, 0.25) is 4.77 Å². The van der Waals surface area contributed by atoms with E-state index in [1.165, 1.54) is 11.7 Å². The van der Waals surface area contributed by atoms with E-state index in [1.54, 1.807) is 7.05 Å². The summed E-state index contributed by atoms with van der Waals surface area (Å²) < 4.78 is 12.3. The highest BCUT2D eigenvalue weighted by atomic mass is 32.1. The lowest BCUT2D eigenvalue weighted by Gasteiger charge is -1.98. The zero-order chi connectivity index (χ0) is 10.7. The average Bonchev–Trinajstić information content (AvgIpc) is 2.46. The van der Waals surface area contributed by atoms with E-state index in [2.05, 4.69) is 9.84 Å². The van der Waals surface area contributed by atoms with Crippen LogP contribution in [0.3, 0.4) is 0 Å². The molecule has 0 bridgehead atoms. The summed E-state index contributed by atoms with van der Waals surface area (Å²) in [6.07, 6.45) is -0.628. The van der Waals surface area contributed by atoms with Gasteiger partial charge in [0.05, 0.1) is 13.7 Å². The zero-order valence-electron chi connectivity index (χ0n) is 8.18. The predicted octanol–water partition coefficient (Wildman–Crippen LogP) is 0.964. The van der Waals surface area contributed by atoms with Gasteiger partial charge in [-0.05, 0) is 19.1 Å². The summed E-state index contributed by atoms with van der Waals surface area (Å²) in [7, 11) is 2.93. The number of ether oxygens (including phenoxy) is 2. The van der Waals surface area contributed by atoms with Crippen molar-refractivity contribution >= 4 is 18.3 Å². The second-order valence-corrected chi connectivity index (χ2v) is 2.80. The highest BCUT2D eigenvalue weighted by molar-refractivity contribution is 7.71. The van der Waals surface area contributed by atoms with Crippen LogP contribution in [-0.2, 0) is 11.8 Å². The Kier molecular flexibility index (Phi) is 3.23. The van der Waals surface area contributed by atoms with Crippen LogP contribution >= 0.6 is 12.2 Å². The van der Waals surface area contributed by atoms with E-state index >= 15 is 0 Å². The van der Waals surface area contributed by atoms with Crippen LogP contribution in [0.1, 0.15) is 6.92 Å². The van der Waals surface area contributed by atoms with Crippen molar-refractivity contribution in [2.24, 2.45) is 7.05 Å². The van der Waals surface area contributed by atoms with Gasteiger partial charge >= 0.3 is 12.1 Å². The number of methoxy groups -OCH3 is 1. The van der Waals surface area contributed by atoms with Crippen molar-refractivity contribution in [1.29, 1.82) is 0 Å². The monoisotopic (exact) mass is 217 g/mol. The molecule has 0 aliphatic rings. The fraction of sp³-hybridized carbons (Fsp3) is 0.571. The molecule has 0 aliphatic heterocycles. The fourth-order valence-corrected chi connectivity index (χ4v) is 1.07. The standard InChI is InChI=1S/C7H11N3O3S/c1-4-13-5-8-10(7(11)12-3)6(14)9(5)2/h4H2,1-3H3. The van der Waals surface area contributed by atoms with Gasteiger partial charge in [-0.25, -0.2) is 4.79 Å². The first-order chi connectivity index (χ1) is 6.61. The minimum absolute atomic E-state index is 0.236. The van der Waals surface area contributed by atoms with Crippen LogP contribution in [0.2, 0.25) is 0 Å². The molecule has 0 aromatic carbocycles. The first-order valence-corrected chi connectivity index (χ1v) is 4.39. The van der Waals surface area contributed by atoms with Crippen LogP contribution < -0.4 is 4.74 Å². The molecule has 0 N–H and O–H groups in total. The Bertz CT molecular complexity index is 395. The van der Waals surface area contributed by atoms with Gasteiger partial charge < -0.3 is 9.47 Å². The molecule has 1 aromatic heterocycles. The number of aromatic nitrogens is 3. The highest BCUT2D eigenvalue weighted by Crippen LogP contribution is 2.07. The molecular weight excluding hydrogens is 206 g/mol. The molecule has 0 amide bonds. The molecule has 78 valence electrons. The lowest BCUT2D eigenvalue weighted by molar-refractivity contribution is 0.168. The molecule has 1 rings (SSSR count). The van der Waals surface area contributed by atoms with Crippen molar-refractivity contribution in [1.82, 2.24) is 14.3 Å². The Morgan fingerprint density at radius 2 is 2.29 bits per heavy atom. The molecule has 0 spiro atoms. The van der Waals surface area contributed by atoms with Gasteiger partial charge in [0.15, 0.2) is 0 Å². The maximum Gasteiger partial charge on any atom is 0.437 e. The SMILES string of the molecule is CCOc1nn(C(=O)OC)c(=S)n1C. The summed E-state index contributed by atoms with van der Waals surface area (Å²) in [6.45, 7) is 2.28. The smallest absolute Gasteiger partial charge is 0.437 e. The largest absolute Gasteiger partial charge is 0.464 e. The number of hydrogen-bond donors (Lipinski definition) is 0. The van der Waals surface area contributed by atoms with E-state index in [-0.39, 0.29) is 4.77 Å². The van der Waals surface area contributed by atoms with Crippen LogP contribution in [0, 0.1) is 4.77 Å². The van der Waals surface area contributed by atoms with Crippen LogP contribution in [0.4, 0.5) is 4.79 Å². The lowest BCUT2D eigenvalue weighted by Crippen LogP contribution is -2.13. The first-order valence-electron chi connectivity index (χ1n) is 3.99. The summed E-state index contributed by atoms with van der Waals surface area (Å²) in [4.78, 5) is 11.1. The summed E-state index contributed by atoms with van der Waals surface area (Å²) >= 11 is 4.95. The number of nitrogens with zero attached hydrogens (tertiary/aromatic N) is 3. The molecule has 6 nitrogen and oxygen atoms in total. The average molecular weight is 217 g/mol. The summed E-state index contributed by atoms with van der Waals surface area (Å²) in [5.74, 6) is 0. The van der Waals surface area contributed by atoms with E-state index in [0.717, 1.165) is 4.68 Å². The van der Waals surface area contributed by atoms with E-state index in [4.69, 9.17) is 17.0 Å². The number of carbonyl (C=O) groups excluding carboxylic acids is 1. The first kappa shape index (κ1) is 10.7. The second-order valence-electron chi connectivity index (χ2n) is 2.44. The molecule has 0 fully saturated rings. The number of carbonyl (C=O) groups is 1. The van der Waals surface area contributed by atoms with E-state index < -0.39 is 6.09 Å². The van der Waals surface area contributed by atoms with Crippen molar-refractivity contribution in [3.05, 3.63) is 4.77 Å². The Balaban J connectivity index is 3.15. The minimum atomic E-state index is -0.628. The van der Waals surface area contributed by atoms with Crippen molar-refractivity contribution in [3.63, 3.8) is 0 Å². The van der Waals surface area contributed by atoms with Gasteiger partial charge in [-0.15, -0.1) is 9.78 Å². The van der Waals surface area contributed by atoms with E-state index in [1.807, 2.05) is 6.92 Å². The molecule has 1 heterocycles. The molecule has 0 radical (unpaired) electrons. The number of hydrogen-bond acceptors (Lipinski definition) is 5. The van der Waals surface area contributed by atoms with Gasteiger partial charge in [-0.1, -0.05) is 0 Å². The third-order valence-corrected chi connectivity index (χ3v) is 2.01. The Labute approximate surface area is 86.0 Å². The normalized spacial score (nSPS) is 9.93. The predicted molar refractivity (Wildman–Crippen MR) is 51.0 cm³/mol. The van der Waals surface area contributed by atoms with Crippen LogP contribution in [0.5, 0.6) is 6.01 Å². The molecule has 7 heteroatoms. The van der Waals surface area contributed by atoms with Gasteiger partial charge in [-0.3, -0.25) is 4.57 Å². The molecule has 0 saturated heterocycles. The summed E-state index contributed by atoms with van der Waals surface area (Å²) in [5.41, 5.74) is 0. The summed E-state index contributed by atoms with van der Waals surface area (Å²) in [6, 6.07) is 0.294. The van der Waals surface area contributed by atoms with Gasteiger partial charge in [0, 0.05) is 7.05 Å². The maximum atomic E-state index is 11.1. The zero-order valence-corrected chi connectivity index (χ0v) is 9.00. The van der Waals surface area contributed by atoms with E-state index in [0.29, 0.717) is 12.6 Å². The Morgan fingerprint density at radius 1 is 1.64 bits per heavy atom. The van der Waals surface area contributed by atoms with Crippen LogP contribution in [0.15, 0.2) is 0 Å². The highest BCUT2D eigenvalue weighted by Gasteiger charge is 2.13. The Hall–Kier alpha value is -1.37. The van der Waals surface area contributed by atoms with Crippen molar-refractivity contribution in [2.75, 3.05) is 13.7 Å². The fourth-order valence-electron chi connectivity index (χ4n) is 0.879. The van der Waals surface area contributed by atoms with Gasteiger partial charge in [0.1, 0.15) is 0 Å². The molecule has 0 saturated carbocycles. The second kappa shape index (κ2) is 4.23. The van der Waals surface area contributed by atoms with Crippen molar-refractivity contribution in [3.8, 4) is 6.01 Å². The minimum Gasteiger partial charge on any atom is -0.464 e. The third-order valence-electron chi connectivity index (χ3n) is 1.56. The van der Waals surface area contributed by atoms with E-state index in [9.17, 15) is 4.79 Å². The van der Waals surface area contributed by atoms with Crippen molar-refractivity contribution < 1.29 is 14.3 Å². The van der Waals surface area contributed by atoms with Crippen LogP contribution in [-0.4, -0.2) is 34.2 Å². The summed E-state index contributed by atoms with van der Waals surface area (Å²) in [5, 5.41) is 3.85. The maximum absolute atomic E-state index is 11.1. The van der Waals surface area contributed by atoms with Gasteiger partial charge in [0.25, 0.3) is 0 Å². The quantitative estimate of drug-likeness (QED) is 0.691. The Morgan fingerprint density at radius 3 is 2.79 bits per heavy atom. The molecule has 0 atom stereocenters. The molecule has 1 aromatic rings. The van der Waals surface area contributed by atoms with Crippen molar-refractivity contribution in [2.45, 2.75) is 6.92 Å². The van der Waals surface area contributed by atoms with Gasteiger partial charge in [-0.2, -0.15) is 0 Å². The lowest BCUT2D eigenvalue weighted by atomic mass is 10.9. The third kappa shape index (κ3) is 1.77. The molecule has 14 heavy (non-hydrogen) atoms. The van der Waals surface area contributed by atoms with Crippen LogP contribution in [0.25, 0.3) is 0 Å². The molecular formula is C7H11N3O3S. The molecule has 0 aliphatic carbocycles. The topological polar surface area (TPSA) is 58.3 Å².